The summed E-state index contributed by atoms with van der Waals surface area (Å²) in [5, 5.41) is 5.31. The average Bonchev–Trinajstić information content (AvgIpc) is 2.55. The Morgan fingerprint density at radius 1 is 1.20 bits per heavy atom. The fourth-order valence-corrected chi connectivity index (χ4v) is 2.16. The second-order valence-electron chi connectivity index (χ2n) is 4.77. The summed E-state index contributed by atoms with van der Waals surface area (Å²) in [5.41, 5.74) is 0.628. The molecule has 0 aliphatic heterocycles. The van der Waals surface area contributed by atoms with Crippen molar-refractivity contribution in [2.24, 2.45) is 0 Å². The fraction of sp³-hybridized carbons (Fsp3) is 0.188. The van der Waals surface area contributed by atoms with E-state index in [0.29, 0.717) is 5.69 Å². The number of hydrogen-bond acceptors (Lipinski definition) is 4. The van der Waals surface area contributed by atoms with Gasteiger partial charge in [0.1, 0.15) is 5.82 Å². The molecule has 0 aromatic heterocycles. The molecule has 25 heavy (non-hydrogen) atoms. The van der Waals surface area contributed by atoms with Crippen LogP contribution in [0.2, 0.25) is 5.02 Å². The number of halogens is 4. The molecule has 134 valence electrons. The molecule has 2 rings (SSSR count). The van der Waals surface area contributed by atoms with Gasteiger partial charge in [-0.25, -0.2) is 4.39 Å². The molecule has 0 unspecified atom stereocenters. The standard InChI is InChI=1S/C16H14ClF3N2O3/c1-24-13-5-3-10(7-14(13)25-16(19)20)21-8-15(23)22-12-4-2-9(18)6-11(12)17/h2-7,16,21H,8H2,1H3,(H,22,23). The largest absolute Gasteiger partial charge is 0.493 e. The molecule has 1 amide bonds. The van der Waals surface area contributed by atoms with Gasteiger partial charge in [0.15, 0.2) is 11.5 Å². The molecule has 0 aliphatic rings. The Hall–Kier alpha value is -2.61. The quantitative estimate of drug-likeness (QED) is 0.764. The van der Waals surface area contributed by atoms with E-state index in [-0.39, 0.29) is 28.8 Å². The number of anilines is 2. The summed E-state index contributed by atoms with van der Waals surface area (Å²) >= 11 is 5.82. The molecule has 2 aromatic carbocycles. The minimum absolute atomic E-state index is 0.0606. The zero-order valence-electron chi connectivity index (χ0n) is 13.0. The molecule has 5 nitrogen and oxygen atoms in total. The molecule has 0 atom stereocenters. The number of methoxy groups -OCH3 is 1. The van der Waals surface area contributed by atoms with Crippen LogP contribution in [0.1, 0.15) is 0 Å². The van der Waals surface area contributed by atoms with Crippen molar-refractivity contribution in [3.05, 3.63) is 47.2 Å². The molecule has 0 bridgehead atoms. The normalized spacial score (nSPS) is 10.5. The minimum atomic E-state index is -3.01. The highest BCUT2D eigenvalue weighted by Gasteiger charge is 2.12. The van der Waals surface area contributed by atoms with Crippen molar-refractivity contribution in [1.82, 2.24) is 0 Å². The molecule has 9 heteroatoms. The third kappa shape index (κ3) is 5.46. The number of amides is 1. The summed E-state index contributed by atoms with van der Waals surface area (Å²) in [5.74, 6) is -1.01. The van der Waals surface area contributed by atoms with Crippen LogP contribution in [0.15, 0.2) is 36.4 Å². The lowest BCUT2D eigenvalue weighted by Crippen LogP contribution is -2.22. The molecule has 0 saturated heterocycles. The van der Waals surface area contributed by atoms with Gasteiger partial charge in [-0.3, -0.25) is 4.79 Å². The Morgan fingerprint density at radius 2 is 1.96 bits per heavy atom. The lowest BCUT2D eigenvalue weighted by molar-refractivity contribution is -0.114. The Morgan fingerprint density at radius 3 is 2.60 bits per heavy atom. The second-order valence-corrected chi connectivity index (χ2v) is 5.18. The average molecular weight is 375 g/mol. The van der Waals surface area contributed by atoms with Crippen molar-refractivity contribution in [2.75, 3.05) is 24.3 Å². The van der Waals surface area contributed by atoms with Crippen molar-refractivity contribution in [3.63, 3.8) is 0 Å². The first-order chi connectivity index (χ1) is 11.9. The van der Waals surface area contributed by atoms with Crippen LogP contribution in [0.3, 0.4) is 0 Å². The SMILES string of the molecule is COc1ccc(NCC(=O)Nc2ccc(F)cc2Cl)cc1OC(F)F. The number of hydrogen-bond donors (Lipinski definition) is 2. The van der Waals surface area contributed by atoms with Gasteiger partial charge in [-0.1, -0.05) is 11.6 Å². The van der Waals surface area contributed by atoms with E-state index in [1.54, 1.807) is 0 Å². The zero-order chi connectivity index (χ0) is 18.4. The summed E-state index contributed by atoms with van der Waals surface area (Å²) in [6.07, 6.45) is 0. The van der Waals surface area contributed by atoms with Gasteiger partial charge in [0, 0.05) is 11.8 Å². The molecule has 0 radical (unpaired) electrons. The summed E-state index contributed by atoms with van der Waals surface area (Å²) in [6.45, 7) is -3.18. The summed E-state index contributed by atoms with van der Waals surface area (Å²) < 4.78 is 47.0. The summed E-state index contributed by atoms with van der Waals surface area (Å²) in [4.78, 5) is 11.9. The number of alkyl halides is 2. The van der Waals surface area contributed by atoms with Gasteiger partial charge < -0.3 is 20.1 Å². The predicted octanol–water partition coefficient (Wildman–Crippen LogP) is 4.14. The molecule has 0 saturated carbocycles. The Bertz CT molecular complexity index is 759. The number of rotatable bonds is 7. The Labute approximate surface area is 146 Å². The van der Waals surface area contributed by atoms with Crippen LogP contribution in [0, 0.1) is 5.82 Å². The zero-order valence-corrected chi connectivity index (χ0v) is 13.7. The Balaban J connectivity index is 1.99. The number of carbonyl (C=O) groups is 1. The van der Waals surface area contributed by atoms with Gasteiger partial charge >= 0.3 is 6.61 Å². The topological polar surface area (TPSA) is 59.6 Å². The van der Waals surface area contributed by atoms with Crippen LogP contribution < -0.4 is 20.1 Å². The van der Waals surface area contributed by atoms with Crippen molar-refractivity contribution >= 4 is 28.9 Å². The van der Waals surface area contributed by atoms with Gasteiger partial charge in [-0.05, 0) is 30.3 Å². The van der Waals surface area contributed by atoms with Crippen LogP contribution in [0.4, 0.5) is 24.5 Å². The molecular formula is C16H14ClF3N2O3. The smallest absolute Gasteiger partial charge is 0.387 e. The molecule has 2 N–H and O–H groups in total. The first-order valence-corrected chi connectivity index (χ1v) is 7.38. The molecule has 0 aliphatic carbocycles. The maximum atomic E-state index is 13.0. The van der Waals surface area contributed by atoms with E-state index in [1.165, 1.54) is 31.4 Å². The van der Waals surface area contributed by atoms with Gasteiger partial charge in [0.25, 0.3) is 0 Å². The fourth-order valence-electron chi connectivity index (χ4n) is 1.94. The second kappa shape index (κ2) is 8.48. The van der Waals surface area contributed by atoms with Crippen molar-refractivity contribution < 1.29 is 27.4 Å². The van der Waals surface area contributed by atoms with E-state index < -0.39 is 18.3 Å². The van der Waals surface area contributed by atoms with Gasteiger partial charge in [-0.15, -0.1) is 0 Å². The molecule has 0 spiro atoms. The van der Waals surface area contributed by atoms with Crippen molar-refractivity contribution in [3.8, 4) is 11.5 Å². The monoisotopic (exact) mass is 374 g/mol. The first-order valence-electron chi connectivity index (χ1n) is 7.00. The van der Waals surface area contributed by atoms with E-state index in [0.717, 1.165) is 12.1 Å². The molecule has 2 aromatic rings. The van der Waals surface area contributed by atoms with E-state index in [1.807, 2.05) is 0 Å². The van der Waals surface area contributed by atoms with E-state index in [9.17, 15) is 18.0 Å². The maximum Gasteiger partial charge on any atom is 0.387 e. The van der Waals surface area contributed by atoms with Crippen LogP contribution in [-0.4, -0.2) is 26.2 Å². The van der Waals surface area contributed by atoms with Crippen LogP contribution in [0.25, 0.3) is 0 Å². The first kappa shape index (κ1) is 18.7. The Kier molecular flexibility index (Phi) is 6.35. The highest BCUT2D eigenvalue weighted by molar-refractivity contribution is 6.33. The summed E-state index contributed by atoms with van der Waals surface area (Å²) in [7, 11) is 1.32. The molecule has 0 heterocycles. The lowest BCUT2D eigenvalue weighted by Gasteiger charge is -2.13. The van der Waals surface area contributed by atoms with E-state index >= 15 is 0 Å². The van der Waals surface area contributed by atoms with Gasteiger partial charge in [0.2, 0.25) is 5.91 Å². The van der Waals surface area contributed by atoms with Crippen LogP contribution >= 0.6 is 11.6 Å². The number of benzene rings is 2. The van der Waals surface area contributed by atoms with E-state index in [4.69, 9.17) is 16.3 Å². The third-order valence-corrected chi connectivity index (χ3v) is 3.35. The number of nitrogens with one attached hydrogen (secondary N) is 2. The lowest BCUT2D eigenvalue weighted by atomic mass is 10.2. The third-order valence-electron chi connectivity index (χ3n) is 3.04. The summed E-state index contributed by atoms with van der Waals surface area (Å²) in [6, 6.07) is 7.80. The number of carbonyl (C=O) groups excluding carboxylic acids is 1. The molecular weight excluding hydrogens is 361 g/mol. The highest BCUT2D eigenvalue weighted by Crippen LogP contribution is 2.31. The van der Waals surface area contributed by atoms with Gasteiger partial charge in [-0.2, -0.15) is 8.78 Å². The maximum absolute atomic E-state index is 13.0. The van der Waals surface area contributed by atoms with Crippen molar-refractivity contribution in [2.45, 2.75) is 6.61 Å². The molecule has 0 fully saturated rings. The van der Waals surface area contributed by atoms with Crippen LogP contribution in [0.5, 0.6) is 11.5 Å². The highest BCUT2D eigenvalue weighted by atomic mass is 35.5. The van der Waals surface area contributed by atoms with Gasteiger partial charge in [0.05, 0.1) is 24.4 Å². The van der Waals surface area contributed by atoms with E-state index in [2.05, 4.69) is 15.4 Å². The van der Waals surface area contributed by atoms with Crippen LogP contribution in [-0.2, 0) is 4.79 Å². The number of ether oxygens (including phenoxy) is 2. The minimum Gasteiger partial charge on any atom is -0.493 e. The van der Waals surface area contributed by atoms with Crippen molar-refractivity contribution in [1.29, 1.82) is 0 Å². The predicted molar refractivity (Wildman–Crippen MR) is 88.2 cm³/mol.